The Hall–Kier alpha value is -2.78. The van der Waals surface area contributed by atoms with Gasteiger partial charge < -0.3 is 19.9 Å². The van der Waals surface area contributed by atoms with Gasteiger partial charge in [-0.3, -0.25) is 0 Å². The number of anilines is 1. The van der Waals surface area contributed by atoms with Crippen molar-refractivity contribution in [2.45, 2.75) is 18.2 Å². The fraction of sp³-hybridized carbons (Fsp3) is 0.316. The number of carboxylic acids is 1. The molecular weight excluding hydrogens is 384 g/mol. The Morgan fingerprint density at radius 2 is 1.79 bits per heavy atom. The molecule has 0 atom stereocenters. The Labute approximate surface area is 164 Å². The van der Waals surface area contributed by atoms with Crippen molar-refractivity contribution >= 4 is 21.7 Å². The number of rotatable bonds is 10. The summed E-state index contributed by atoms with van der Waals surface area (Å²) in [6.45, 7) is 2.50. The number of carboxylic acid groups (broad SMARTS) is 1. The molecule has 8 nitrogen and oxygen atoms in total. The molecule has 0 saturated heterocycles. The summed E-state index contributed by atoms with van der Waals surface area (Å²) < 4.78 is 37.9. The van der Waals surface area contributed by atoms with Crippen LogP contribution in [0.15, 0.2) is 41.3 Å². The highest BCUT2D eigenvalue weighted by Crippen LogP contribution is 2.27. The highest BCUT2D eigenvalue weighted by molar-refractivity contribution is 7.89. The quantitative estimate of drug-likeness (QED) is 0.553. The minimum Gasteiger partial charge on any atom is -0.493 e. The molecule has 0 aliphatic carbocycles. The lowest BCUT2D eigenvalue weighted by molar-refractivity contribution is 0.0697. The maximum Gasteiger partial charge on any atom is 0.337 e. The predicted molar refractivity (Wildman–Crippen MR) is 106 cm³/mol. The second kappa shape index (κ2) is 9.43. The van der Waals surface area contributed by atoms with E-state index >= 15 is 0 Å². The van der Waals surface area contributed by atoms with E-state index in [1.807, 2.05) is 13.0 Å². The molecule has 3 N–H and O–H groups in total. The van der Waals surface area contributed by atoms with Crippen LogP contribution in [-0.4, -0.2) is 46.8 Å². The summed E-state index contributed by atoms with van der Waals surface area (Å²) in [4.78, 5) is 11.3. The topological polar surface area (TPSA) is 114 Å². The van der Waals surface area contributed by atoms with Gasteiger partial charge in [0, 0.05) is 18.8 Å². The Kier molecular flexibility index (Phi) is 7.24. The molecule has 2 aromatic carbocycles. The van der Waals surface area contributed by atoms with Crippen LogP contribution in [0.1, 0.15) is 22.8 Å². The van der Waals surface area contributed by atoms with Crippen LogP contribution >= 0.6 is 0 Å². The third-order valence-electron chi connectivity index (χ3n) is 4.05. The second-order valence-electron chi connectivity index (χ2n) is 5.88. The first-order chi connectivity index (χ1) is 13.3. The summed E-state index contributed by atoms with van der Waals surface area (Å²) in [5.74, 6) is -0.0416. The number of hydrogen-bond donors (Lipinski definition) is 3. The normalized spacial score (nSPS) is 11.1. The van der Waals surface area contributed by atoms with E-state index in [9.17, 15) is 18.3 Å². The van der Waals surface area contributed by atoms with Crippen molar-refractivity contribution in [1.29, 1.82) is 0 Å². The van der Waals surface area contributed by atoms with Gasteiger partial charge in [0.05, 0.1) is 24.7 Å². The zero-order chi connectivity index (χ0) is 20.7. The lowest BCUT2D eigenvalue weighted by Crippen LogP contribution is -2.26. The number of benzene rings is 2. The molecule has 2 aromatic rings. The predicted octanol–water partition coefficient (Wildman–Crippen LogP) is 2.35. The van der Waals surface area contributed by atoms with E-state index < -0.39 is 16.0 Å². The molecule has 0 unspecified atom stereocenters. The van der Waals surface area contributed by atoms with Crippen molar-refractivity contribution in [3.63, 3.8) is 0 Å². The summed E-state index contributed by atoms with van der Waals surface area (Å²) in [6, 6.07) is 9.34. The maximum atomic E-state index is 12.5. The molecule has 0 spiro atoms. The summed E-state index contributed by atoms with van der Waals surface area (Å²) in [5, 5.41) is 12.2. The molecule has 0 saturated carbocycles. The van der Waals surface area contributed by atoms with Gasteiger partial charge in [-0.25, -0.2) is 17.9 Å². The van der Waals surface area contributed by atoms with Crippen LogP contribution in [0.4, 0.5) is 5.69 Å². The first-order valence-electron chi connectivity index (χ1n) is 8.64. The third-order valence-corrected chi connectivity index (χ3v) is 5.51. The minimum atomic E-state index is -3.84. The van der Waals surface area contributed by atoms with E-state index in [4.69, 9.17) is 9.47 Å². The van der Waals surface area contributed by atoms with Crippen molar-refractivity contribution in [2.75, 3.05) is 32.6 Å². The van der Waals surface area contributed by atoms with Gasteiger partial charge in [0.2, 0.25) is 10.0 Å². The highest BCUT2D eigenvalue weighted by atomic mass is 32.2. The first-order valence-corrected chi connectivity index (χ1v) is 10.1. The largest absolute Gasteiger partial charge is 0.493 e. The fourth-order valence-electron chi connectivity index (χ4n) is 2.66. The Morgan fingerprint density at radius 1 is 1.07 bits per heavy atom. The molecular formula is C19H24N2O6S. The van der Waals surface area contributed by atoms with E-state index in [1.165, 1.54) is 19.2 Å². The fourth-order valence-corrected chi connectivity index (χ4v) is 3.72. The Bertz CT molecular complexity index is 943. The zero-order valence-electron chi connectivity index (χ0n) is 16.0. The van der Waals surface area contributed by atoms with Gasteiger partial charge in [-0.05, 0) is 49.2 Å². The van der Waals surface area contributed by atoms with Gasteiger partial charge in [0.1, 0.15) is 0 Å². The number of nitrogens with one attached hydrogen (secondary N) is 2. The lowest BCUT2D eigenvalue weighted by atomic mass is 10.1. The minimum absolute atomic E-state index is 0.0929. The molecule has 152 valence electrons. The molecule has 0 aromatic heterocycles. The number of hydrogen-bond acceptors (Lipinski definition) is 6. The Morgan fingerprint density at radius 3 is 2.39 bits per heavy atom. The summed E-state index contributed by atoms with van der Waals surface area (Å²) in [6.07, 6.45) is 0.431. The SMILES string of the molecule is CCNc1ccc(S(=O)(=O)NCCc2ccc(OC)c(OC)c2)cc1C(=O)O. The number of carbonyl (C=O) groups is 1. The third kappa shape index (κ3) is 5.14. The van der Waals surface area contributed by atoms with Crippen LogP contribution in [-0.2, 0) is 16.4 Å². The highest BCUT2D eigenvalue weighted by Gasteiger charge is 2.18. The van der Waals surface area contributed by atoms with Crippen LogP contribution in [0.25, 0.3) is 0 Å². The summed E-state index contributed by atoms with van der Waals surface area (Å²) >= 11 is 0. The van der Waals surface area contributed by atoms with Crippen LogP contribution in [0, 0.1) is 0 Å². The van der Waals surface area contributed by atoms with E-state index in [1.54, 1.807) is 19.2 Å². The molecule has 2 rings (SSSR count). The molecule has 28 heavy (non-hydrogen) atoms. The van der Waals surface area contributed by atoms with Crippen molar-refractivity contribution in [3.8, 4) is 11.5 Å². The van der Waals surface area contributed by atoms with Crippen molar-refractivity contribution in [1.82, 2.24) is 4.72 Å². The molecule has 0 amide bonds. The monoisotopic (exact) mass is 408 g/mol. The van der Waals surface area contributed by atoms with Gasteiger partial charge in [0.25, 0.3) is 0 Å². The van der Waals surface area contributed by atoms with E-state index in [2.05, 4.69) is 10.0 Å². The molecule has 0 heterocycles. The van der Waals surface area contributed by atoms with Crippen LogP contribution in [0.5, 0.6) is 11.5 Å². The van der Waals surface area contributed by atoms with E-state index in [0.717, 1.165) is 11.6 Å². The number of methoxy groups -OCH3 is 2. The first kappa shape index (κ1) is 21.5. The van der Waals surface area contributed by atoms with E-state index in [-0.39, 0.29) is 17.0 Å². The van der Waals surface area contributed by atoms with Crippen LogP contribution in [0.2, 0.25) is 0 Å². The zero-order valence-corrected chi connectivity index (χ0v) is 16.8. The number of ether oxygens (including phenoxy) is 2. The smallest absolute Gasteiger partial charge is 0.337 e. The van der Waals surface area contributed by atoms with Gasteiger partial charge in [-0.15, -0.1) is 0 Å². The molecule has 0 fully saturated rings. The molecule has 0 aliphatic heterocycles. The molecule has 9 heteroatoms. The number of sulfonamides is 1. The molecule has 0 bridgehead atoms. The standard InChI is InChI=1S/C19H24N2O6S/c1-4-20-16-7-6-14(12-15(16)19(22)23)28(24,25)21-10-9-13-5-8-17(26-2)18(11-13)27-3/h5-8,11-12,20-21H,4,9-10H2,1-3H3,(H,22,23). The number of aromatic carboxylic acids is 1. The van der Waals surface area contributed by atoms with Crippen molar-refractivity contribution in [3.05, 3.63) is 47.5 Å². The molecule has 0 radical (unpaired) electrons. The second-order valence-corrected chi connectivity index (χ2v) is 7.65. The van der Waals surface area contributed by atoms with Crippen molar-refractivity contribution < 1.29 is 27.8 Å². The molecule has 0 aliphatic rings. The van der Waals surface area contributed by atoms with E-state index in [0.29, 0.717) is 30.2 Å². The average Bonchev–Trinajstić information content (AvgIpc) is 2.67. The average molecular weight is 408 g/mol. The van der Waals surface area contributed by atoms with Gasteiger partial charge in [-0.1, -0.05) is 6.07 Å². The van der Waals surface area contributed by atoms with Gasteiger partial charge in [-0.2, -0.15) is 0 Å². The summed E-state index contributed by atoms with van der Waals surface area (Å²) in [5.41, 5.74) is 1.15. The van der Waals surface area contributed by atoms with Crippen LogP contribution < -0.4 is 19.5 Å². The Balaban J connectivity index is 2.12. The van der Waals surface area contributed by atoms with Crippen LogP contribution in [0.3, 0.4) is 0 Å². The van der Waals surface area contributed by atoms with Crippen molar-refractivity contribution in [2.24, 2.45) is 0 Å². The van der Waals surface area contributed by atoms with Gasteiger partial charge in [0.15, 0.2) is 11.5 Å². The summed E-state index contributed by atoms with van der Waals surface area (Å²) in [7, 11) is -0.774. The lowest BCUT2D eigenvalue weighted by Gasteiger charge is -2.12. The van der Waals surface area contributed by atoms with Gasteiger partial charge >= 0.3 is 5.97 Å². The maximum absolute atomic E-state index is 12.5.